The molecule has 1 heterocycles. The molecule has 0 aliphatic heterocycles. The van der Waals surface area contributed by atoms with Crippen molar-refractivity contribution in [3.05, 3.63) is 46.9 Å². The molecular weight excluding hydrogens is 362 g/mol. The summed E-state index contributed by atoms with van der Waals surface area (Å²) in [7, 11) is 3.32. The van der Waals surface area contributed by atoms with E-state index in [1.54, 1.807) is 52.2 Å². The van der Waals surface area contributed by atoms with Crippen LogP contribution in [0.25, 0.3) is 0 Å². The Bertz CT molecular complexity index is 871. The summed E-state index contributed by atoms with van der Waals surface area (Å²) in [5.74, 6) is 1.65. The molecule has 0 bridgehead atoms. The zero-order chi connectivity index (χ0) is 20.7. The van der Waals surface area contributed by atoms with Crippen LogP contribution in [0.4, 0.5) is 0 Å². The smallest absolute Gasteiger partial charge is 0.274 e. The maximum absolute atomic E-state index is 12.1. The second-order valence-corrected chi connectivity index (χ2v) is 6.24. The number of hydrogen-bond donors (Lipinski definition) is 1. The van der Waals surface area contributed by atoms with Crippen molar-refractivity contribution in [1.29, 1.82) is 0 Å². The quantitative estimate of drug-likeness (QED) is 0.555. The van der Waals surface area contributed by atoms with Gasteiger partial charge < -0.3 is 18.8 Å². The standard InChI is InChI=1S/C20H25N3O5/c1-6-26-18-10-15(7-8-17(18)27-12-19(24)23(4)5)11-21-22-20(25)16-9-13(2)28-14(16)3/h7-11H,6,12H2,1-5H3,(H,22,25)/b21-11+. The molecule has 0 aliphatic rings. The maximum atomic E-state index is 12.1. The molecule has 0 aliphatic carbocycles. The van der Waals surface area contributed by atoms with Gasteiger partial charge in [-0.25, -0.2) is 5.43 Å². The third kappa shape index (κ3) is 5.60. The number of carbonyl (C=O) groups is 2. The van der Waals surface area contributed by atoms with Crippen LogP contribution in [0.1, 0.15) is 34.4 Å². The number of aryl methyl sites for hydroxylation is 2. The molecule has 2 aromatic rings. The molecule has 0 radical (unpaired) electrons. The van der Waals surface area contributed by atoms with Crippen LogP contribution in [0.5, 0.6) is 11.5 Å². The lowest BCUT2D eigenvalue weighted by atomic mass is 10.2. The number of hydrogen-bond acceptors (Lipinski definition) is 6. The molecule has 0 unspecified atom stereocenters. The molecule has 0 saturated carbocycles. The molecule has 28 heavy (non-hydrogen) atoms. The summed E-state index contributed by atoms with van der Waals surface area (Å²) < 4.78 is 16.5. The highest BCUT2D eigenvalue weighted by molar-refractivity contribution is 5.95. The van der Waals surface area contributed by atoms with Gasteiger partial charge in [-0.1, -0.05) is 0 Å². The molecule has 2 amide bonds. The van der Waals surface area contributed by atoms with Gasteiger partial charge in [-0.3, -0.25) is 9.59 Å². The third-order valence-electron chi connectivity index (χ3n) is 3.78. The summed E-state index contributed by atoms with van der Waals surface area (Å²) in [4.78, 5) is 25.3. The second kappa shape index (κ2) is 9.59. The molecule has 8 heteroatoms. The molecule has 2 rings (SSSR count). The van der Waals surface area contributed by atoms with Gasteiger partial charge in [-0.15, -0.1) is 0 Å². The van der Waals surface area contributed by atoms with Crippen LogP contribution in [0, 0.1) is 13.8 Å². The molecule has 1 aromatic carbocycles. The Labute approximate surface area is 164 Å². The van der Waals surface area contributed by atoms with Crippen molar-refractivity contribution in [3.63, 3.8) is 0 Å². The van der Waals surface area contributed by atoms with Crippen LogP contribution in [-0.2, 0) is 4.79 Å². The Morgan fingerprint density at radius 2 is 1.93 bits per heavy atom. The molecule has 1 N–H and O–H groups in total. The average molecular weight is 387 g/mol. The summed E-state index contributed by atoms with van der Waals surface area (Å²) in [5, 5.41) is 3.97. The van der Waals surface area contributed by atoms with Gasteiger partial charge in [0, 0.05) is 14.1 Å². The number of benzene rings is 1. The first-order chi connectivity index (χ1) is 13.3. The van der Waals surface area contributed by atoms with E-state index in [0.717, 1.165) is 0 Å². The lowest BCUT2D eigenvalue weighted by molar-refractivity contribution is -0.130. The fourth-order valence-electron chi connectivity index (χ4n) is 2.34. The minimum atomic E-state index is -0.349. The Hall–Kier alpha value is -3.29. The summed E-state index contributed by atoms with van der Waals surface area (Å²) in [6.45, 7) is 5.71. The fourth-order valence-corrected chi connectivity index (χ4v) is 2.34. The number of rotatable bonds is 8. The number of ether oxygens (including phenoxy) is 2. The molecule has 8 nitrogen and oxygen atoms in total. The Kier molecular flexibility index (Phi) is 7.20. The number of likely N-dealkylation sites (N-methyl/N-ethyl adjacent to an activating group) is 1. The van der Waals surface area contributed by atoms with Crippen molar-refractivity contribution < 1.29 is 23.5 Å². The molecule has 0 spiro atoms. The molecule has 1 aromatic heterocycles. The number of hydrazone groups is 1. The van der Waals surface area contributed by atoms with Crippen LogP contribution in [-0.4, -0.2) is 50.2 Å². The zero-order valence-electron chi connectivity index (χ0n) is 16.7. The topological polar surface area (TPSA) is 93.4 Å². The van der Waals surface area contributed by atoms with E-state index in [0.29, 0.717) is 40.8 Å². The summed E-state index contributed by atoms with van der Waals surface area (Å²) >= 11 is 0. The number of amides is 2. The lowest BCUT2D eigenvalue weighted by Gasteiger charge is -2.14. The SMILES string of the molecule is CCOc1cc(/C=N/NC(=O)c2cc(C)oc2C)ccc1OCC(=O)N(C)C. The van der Waals surface area contributed by atoms with Crippen LogP contribution in [0.2, 0.25) is 0 Å². The van der Waals surface area contributed by atoms with E-state index in [2.05, 4.69) is 10.5 Å². The van der Waals surface area contributed by atoms with Gasteiger partial charge >= 0.3 is 0 Å². The van der Waals surface area contributed by atoms with Crippen LogP contribution >= 0.6 is 0 Å². The monoisotopic (exact) mass is 387 g/mol. The van der Waals surface area contributed by atoms with Gasteiger partial charge in [0.25, 0.3) is 11.8 Å². The minimum Gasteiger partial charge on any atom is -0.490 e. The molecule has 0 atom stereocenters. The fraction of sp³-hybridized carbons (Fsp3) is 0.350. The maximum Gasteiger partial charge on any atom is 0.274 e. The normalized spacial score (nSPS) is 10.8. The zero-order valence-corrected chi connectivity index (χ0v) is 16.7. The largest absolute Gasteiger partial charge is 0.490 e. The Morgan fingerprint density at radius 3 is 2.54 bits per heavy atom. The highest BCUT2D eigenvalue weighted by Crippen LogP contribution is 2.28. The van der Waals surface area contributed by atoms with Gasteiger partial charge in [0.15, 0.2) is 18.1 Å². The highest BCUT2D eigenvalue weighted by Gasteiger charge is 2.13. The van der Waals surface area contributed by atoms with Gasteiger partial charge in [-0.05, 0) is 50.6 Å². The van der Waals surface area contributed by atoms with Crippen molar-refractivity contribution in [3.8, 4) is 11.5 Å². The van der Waals surface area contributed by atoms with Gasteiger partial charge in [0.1, 0.15) is 11.5 Å². The summed E-state index contributed by atoms with van der Waals surface area (Å²) in [6, 6.07) is 6.83. The van der Waals surface area contributed by atoms with Crippen molar-refractivity contribution in [2.45, 2.75) is 20.8 Å². The van der Waals surface area contributed by atoms with E-state index < -0.39 is 0 Å². The van der Waals surface area contributed by atoms with Crippen LogP contribution in [0.3, 0.4) is 0 Å². The minimum absolute atomic E-state index is 0.0833. The van der Waals surface area contributed by atoms with Crippen LogP contribution in [0.15, 0.2) is 33.8 Å². The first-order valence-electron chi connectivity index (χ1n) is 8.82. The summed E-state index contributed by atoms with van der Waals surface area (Å²) in [5.41, 5.74) is 3.62. The van der Waals surface area contributed by atoms with Gasteiger partial charge in [0.2, 0.25) is 0 Å². The molecule has 0 saturated heterocycles. The second-order valence-electron chi connectivity index (χ2n) is 6.24. The average Bonchev–Trinajstić information content (AvgIpc) is 2.99. The number of carbonyl (C=O) groups excluding carboxylic acids is 2. The van der Waals surface area contributed by atoms with E-state index in [9.17, 15) is 9.59 Å². The van der Waals surface area contributed by atoms with E-state index >= 15 is 0 Å². The molecule has 0 fully saturated rings. The Balaban J connectivity index is 2.05. The van der Waals surface area contributed by atoms with Crippen molar-refractivity contribution in [1.82, 2.24) is 10.3 Å². The predicted molar refractivity (Wildman–Crippen MR) is 105 cm³/mol. The van der Waals surface area contributed by atoms with Crippen molar-refractivity contribution in [2.75, 3.05) is 27.3 Å². The van der Waals surface area contributed by atoms with Crippen molar-refractivity contribution in [2.24, 2.45) is 5.10 Å². The van der Waals surface area contributed by atoms with Gasteiger partial charge in [0.05, 0.1) is 18.4 Å². The third-order valence-corrected chi connectivity index (χ3v) is 3.78. The highest BCUT2D eigenvalue weighted by atomic mass is 16.5. The predicted octanol–water partition coefficient (Wildman–Crippen LogP) is 2.53. The lowest BCUT2D eigenvalue weighted by Crippen LogP contribution is -2.27. The van der Waals surface area contributed by atoms with E-state index in [1.807, 2.05) is 6.92 Å². The van der Waals surface area contributed by atoms with Gasteiger partial charge in [-0.2, -0.15) is 5.10 Å². The van der Waals surface area contributed by atoms with Crippen LogP contribution < -0.4 is 14.9 Å². The number of nitrogens with zero attached hydrogens (tertiary/aromatic N) is 2. The van der Waals surface area contributed by atoms with E-state index in [1.165, 1.54) is 11.1 Å². The first-order valence-corrected chi connectivity index (χ1v) is 8.82. The Morgan fingerprint density at radius 1 is 1.18 bits per heavy atom. The molecular formula is C20H25N3O5. The number of nitrogens with one attached hydrogen (secondary N) is 1. The van der Waals surface area contributed by atoms with E-state index in [4.69, 9.17) is 13.9 Å². The van der Waals surface area contributed by atoms with E-state index in [-0.39, 0.29) is 18.4 Å². The number of furan rings is 1. The van der Waals surface area contributed by atoms with Crippen molar-refractivity contribution >= 4 is 18.0 Å². The molecule has 150 valence electrons. The first kappa shape index (κ1) is 21.0. The summed E-state index contributed by atoms with van der Waals surface area (Å²) in [6.07, 6.45) is 1.50.